The molecule has 0 spiro atoms. The Bertz CT molecular complexity index is 1600. The van der Waals surface area contributed by atoms with E-state index in [-0.39, 0.29) is 17.1 Å². The van der Waals surface area contributed by atoms with Gasteiger partial charge in [0.25, 0.3) is 5.91 Å². The first-order chi connectivity index (χ1) is 18.8. The summed E-state index contributed by atoms with van der Waals surface area (Å²) < 4.78 is 28.1. The molecule has 0 aliphatic carbocycles. The highest BCUT2D eigenvalue weighted by molar-refractivity contribution is 5.99. The Hall–Kier alpha value is -4.46. The molecule has 8 heteroatoms. The molecule has 0 N–H and O–H groups in total. The molecule has 1 aliphatic heterocycles. The van der Waals surface area contributed by atoms with Crippen molar-refractivity contribution in [1.29, 1.82) is 0 Å². The lowest BCUT2D eigenvalue weighted by Gasteiger charge is -2.26. The fourth-order valence-corrected chi connectivity index (χ4v) is 5.15. The van der Waals surface area contributed by atoms with Crippen molar-refractivity contribution >= 4 is 16.9 Å². The summed E-state index contributed by atoms with van der Waals surface area (Å²) >= 11 is 0. The number of rotatable bonds is 8. The molecule has 1 amide bonds. The summed E-state index contributed by atoms with van der Waals surface area (Å²) in [6.07, 6.45) is 0.566. The molecular formula is C31H31NO7. The number of hydrogen-bond acceptors (Lipinski definition) is 7. The zero-order chi connectivity index (χ0) is 27.8. The Labute approximate surface area is 226 Å². The second-order valence-corrected chi connectivity index (χ2v) is 9.56. The standard InChI is InChI=1S/C31H31NO7/c1-17-13-22-23(14-18(17)2)39-30-26(28(22)33)27(20-15-24(36-4)29(38-6)25(16-20)37-5)32(31(30)34)12-11-19-7-9-21(35-3)10-8-19/h7-10,13-16,27H,11-12H2,1-6H3. The van der Waals surface area contributed by atoms with Crippen molar-refractivity contribution < 1.29 is 28.2 Å². The van der Waals surface area contributed by atoms with Gasteiger partial charge in [-0.25, -0.2) is 0 Å². The summed E-state index contributed by atoms with van der Waals surface area (Å²) in [7, 11) is 6.21. The van der Waals surface area contributed by atoms with Gasteiger partial charge in [0.05, 0.1) is 45.4 Å². The van der Waals surface area contributed by atoms with E-state index in [0.29, 0.717) is 52.3 Å². The van der Waals surface area contributed by atoms with Crippen molar-refractivity contribution in [2.75, 3.05) is 35.0 Å². The Morgan fingerprint density at radius 3 is 2.05 bits per heavy atom. The molecule has 0 bridgehead atoms. The number of methoxy groups -OCH3 is 4. The SMILES string of the molecule is COc1ccc(CCN2C(=O)c3oc4cc(C)c(C)cc4c(=O)c3C2c2cc(OC)c(OC)c(OC)c2)cc1. The molecule has 0 saturated heterocycles. The number of aryl methyl sites for hydroxylation is 2. The monoisotopic (exact) mass is 529 g/mol. The summed E-state index contributed by atoms with van der Waals surface area (Å²) in [4.78, 5) is 29.5. The first kappa shape index (κ1) is 26.2. The molecule has 4 aromatic rings. The number of hydrogen-bond donors (Lipinski definition) is 0. The van der Waals surface area contributed by atoms with Crippen LogP contribution in [-0.2, 0) is 6.42 Å². The Kier molecular flexibility index (Phi) is 6.95. The van der Waals surface area contributed by atoms with E-state index in [2.05, 4.69) is 0 Å². The van der Waals surface area contributed by atoms with Crippen LogP contribution < -0.4 is 24.4 Å². The maximum absolute atomic E-state index is 14.0. The van der Waals surface area contributed by atoms with E-state index in [9.17, 15) is 9.59 Å². The van der Waals surface area contributed by atoms with Crippen LogP contribution in [0.2, 0.25) is 0 Å². The summed E-state index contributed by atoms with van der Waals surface area (Å²) in [5.41, 5.74) is 4.11. The highest BCUT2D eigenvalue weighted by Crippen LogP contribution is 2.45. The predicted octanol–water partition coefficient (Wildman–Crippen LogP) is 5.23. The Morgan fingerprint density at radius 1 is 0.821 bits per heavy atom. The van der Waals surface area contributed by atoms with Gasteiger partial charge in [0.1, 0.15) is 11.3 Å². The van der Waals surface area contributed by atoms with Crippen LogP contribution in [0.4, 0.5) is 0 Å². The first-order valence-corrected chi connectivity index (χ1v) is 12.6. The lowest BCUT2D eigenvalue weighted by molar-refractivity contribution is 0.0729. The topological polar surface area (TPSA) is 87.4 Å². The third-order valence-corrected chi connectivity index (χ3v) is 7.39. The summed E-state index contributed by atoms with van der Waals surface area (Å²) in [6, 6.07) is 14.2. The molecular weight excluding hydrogens is 498 g/mol. The quantitative estimate of drug-likeness (QED) is 0.309. The first-order valence-electron chi connectivity index (χ1n) is 12.6. The van der Waals surface area contributed by atoms with Crippen LogP contribution in [0.3, 0.4) is 0 Å². The molecule has 2 heterocycles. The summed E-state index contributed by atoms with van der Waals surface area (Å²) in [6.45, 7) is 4.25. The van der Waals surface area contributed by atoms with E-state index in [4.69, 9.17) is 23.4 Å². The molecule has 0 radical (unpaired) electrons. The number of ether oxygens (including phenoxy) is 4. The normalized spacial score (nSPS) is 14.5. The lowest BCUT2D eigenvalue weighted by Crippen LogP contribution is -2.31. The van der Waals surface area contributed by atoms with E-state index in [1.54, 1.807) is 24.1 Å². The molecule has 1 unspecified atom stereocenters. The number of carbonyl (C=O) groups is 1. The van der Waals surface area contributed by atoms with Crippen LogP contribution in [0.15, 0.2) is 57.7 Å². The third-order valence-electron chi connectivity index (χ3n) is 7.39. The fourth-order valence-electron chi connectivity index (χ4n) is 5.15. The van der Waals surface area contributed by atoms with Crippen LogP contribution in [0.25, 0.3) is 11.0 Å². The van der Waals surface area contributed by atoms with Crippen LogP contribution in [0.5, 0.6) is 23.0 Å². The highest BCUT2D eigenvalue weighted by Gasteiger charge is 2.43. The molecule has 1 aliphatic rings. The van der Waals surface area contributed by atoms with Gasteiger partial charge in [-0.1, -0.05) is 12.1 Å². The number of benzene rings is 3. The molecule has 8 nitrogen and oxygen atoms in total. The van der Waals surface area contributed by atoms with Gasteiger partial charge in [0.2, 0.25) is 11.5 Å². The molecule has 1 aromatic heterocycles. The van der Waals surface area contributed by atoms with Crippen LogP contribution in [-0.4, -0.2) is 45.8 Å². The largest absolute Gasteiger partial charge is 0.497 e. The number of amides is 1. The van der Waals surface area contributed by atoms with Gasteiger partial charge in [0.15, 0.2) is 16.9 Å². The van der Waals surface area contributed by atoms with Gasteiger partial charge in [-0.05, 0) is 78.9 Å². The number of nitrogens with zero attached hydrogens (tertiary/aromatic N) is 1. The van der Waals surface area contributed by atoms with Gasteiger partial charge in [0, 0.05) is 6.54 Å². The van der Waals surface area contributed by atoms with Gasteiger partial charge >= 0.3 is 0 Å². The predicted molar refractivity (Wildman–Crippen MR) is 148 cm³/mol. The van der Waals surface area contributed by atoms with Crippen molar-refractivity contribution in [2.45, 2.75) is 26.3 Å². The average Bonchev–Trinajstić information content (AvgIpc) is 3.23. The minimum Gasteiger partial charge on any atom is -0.497 e. The average molecular weight is 530 g/mol. The zero-order valence-corrected chi connectivity index (χ0v) is 22.9. The molecule has 39 heavy (non-hydrogen) atoms. The van der Waals surface area contributed by atoms with Crippen molar-refractivity contribution in [3.63, 3.8) is 0 Å². The second kappa shape index (κ2) is 10.4. The molecule has 3 aromatic carbocycles. The van der Waals surface area contributed by atoms with Crippen molar-refractivity contribution in [2.24, 2.45) is 0 Å². The van der Waals surface area contributed by atoms with Gasteiger partial charge in [-0.2, -0.15) is 0 Å². The molecule has 1 atom stereocenters. The van der Waals surface area contributed by atoms with Crippen molar-refractivity contribution in [3.8, 4) is 23.0 Å². The van der Waals surface area contributed by atoms with Gasteiger partial charge < -0.3 is 28.3 Å². The smallest absolute Gasteiger partial charge is 0.290 e. The highest BCUT2D eigenvalue weighted by atomic mass is 16.5. The van der Waals surface area contributed by atoms with Crippen molar-refractivity contribution in [3.05, 3.63) is 92.3 Å². The molecule has 202 valence electrons. The zero-order valence-electron chi connectivity index (χ0n) is 22.9. The number of fused-ring (bicyclic) bond motifs is 2. The van der Waals surface area contributed by atoms with Gasteiger partial charge in [-0.3, -0.25) is 9.59 Å². The maximum atomic E-state index is 14.0. The van der Waals surface area contributed by atoms with Crippen molar-refractivity contribution in [1.82, 2.24) is 4.90 Å². The minimum atomic E-state index is -0.707. The van der Waals surface area contributed by atoms with Crippen LogP contribution in [0.1, 0.15) is 44.4 Å². The fraction of sp³-hybridized carbons (Fsp3) is 0.290. The lowest BCUT2D eigenvalue weighted by atomic mass is 9.96. The molecule has 5 rings (SSSR count). The van der Waals surface area contributed by atoms with E-state index >= 15 is 0 Å². The minimum absolute atomic E-state index is 0.0595. The summed E-state index contributed by atoms with van der Waals surface area (Å²) in [5, 5.41) is 0.444. The van der Waals surface area contributed by atoms with E-state index in [0.717, 1.165) is 22.4 Å². The van der Waals surface area contributed by atoms with E-state index in [1.165, 1.54) is 21.3 Å². The Balaban J connectivity index is 1.68. The molecule has 0 saturated carbocycles. The number of carbonyl (C=O) groups excluding carboxylic acids is 1. The molecule has 0 fully saturated rings. The third kappa shape index (κ3) is 4.46. The van der Waals surface area contributed by atoms with E-state index in [1.807, 2.05) is 50.2 Å². The second-order valence-electron chi connectivity index (χ2n) is 9.56. The maximum Gasteiger partial charge on any atom is 0.290 e. The Morgan fingerprint density at radius 2 is 1.46 bits per heavy atom. The van der Waals surface area contributed by atoms with Crippen LogP contribution >= 0.6 is 0 Å². The van der Waals surface area contributed by atoms with E-state index < -0.39 is 6.04 Å². The summed E-state index contributed by atoms with van der Waals surface area (Å²) in [5.74, 6) is 1.76. The van der Waals surface area contributed by atoms with Crippen LogP contribution in [0, 0.1) is 13.8 Å². The van der Waals surface area contributed by atoms with Gasteiger partial charge in [-0.15, -0.1) is 0 Å².